The molecular formula is C17H19ClN2. The zero-order valence-corrected chi connectivity index (χ0v) is 12.3. The fourth-order valence-electron chi connectivity index (χ4n) is 2.71. The van der Waals surface area contributed by atoms with Gasteiger partial charge in [-0.1, -0.05) is 48.0 Å². The second-order valence-electron chi connectivity index (χ2n) is 4.99. The van der Waals surface area contributed by atoms with Crippen LogP contribution in [0.2, 0.25) is 0 Å². The Morgan fingerprint density at radius 1 is 1.10 bits per heavy atom. The Hall–Kier alpha value is -1.77. The Bertz CT molecular complexity index is 703. The van der Waals surface area contributed by atoms with Crippen molar-refractivity contribution in [3.63, 3.8) is 0 Å². The molecule has 0 aliphatic carbocycles. The summed E-state index contributed by atoms with van der Waals surface area (Å²) in [5.41, 5.74) is 11.0. The van der Waals surface area contributed by atoms with Gasteiger partial charge < -0.3 is 10.7 Å². The number of aryl methyl sites for hydroxylation is 1. The van der Waals surface area contributed by atoms with E-state index < -0.39 is 0 Å². The molecule has 2 aromatic carbocycles. The van der Waals surface area contributed by atoms with E-state index in [0.29, 0.717) is 6.54 Å². The minimum Gasteiger partial charge on any atom is -0.361 e. The van der Waals surface area contributed by atoms with Gasteiger partial charge in [-0.05, 0) is 24.1 Å². The van der Waals surface area contributed by atoms with E-state index in [1.165, 1.54) is 27.6 Å². The normalized spacial score (nSPS) is 12.1. The number of fused-ring (bicyclic) bond motifs is 1. The van der Waals surface area contributed by atoms with Crippen LogP contribution in [0.3, 0.4) is 0 Å². The molecule has 0 saturated carbocycles. The summed E-state index contributed by atoms with van der Waals surface area (Å²) >= 11 is 0. The van der Waals surface area contributed by atoms with Crippen LogP contribution in [0.25, 0.3) is 10.9 Å². The van der Waals surface area contributed by atoms with E-state index in [1.54, 1.807) is 0 Å². The van der Waals surface area contributed by atoms with E-state index in [-0.39, 0.29) is 18.3 Å². The first-order valence-corrected chi connectivity index (χ1v) is 6.62. The molecule has 0 bridgehead atoms. The molecule has 1 unspecified atom stereocenters. The second kappa shape index (κ2) is 6.12. The number of nitrogens with two attached hydrogens (primary N) is 1. The van der Waals surface area contributed by atoms with Gasteiger partial charge in [0.05, 0.1) is 0 Å². The van der Waals surface area contributed by atoms with Crippen molar-refractivity contribution >= 4 is 23.3 Å². The third-order valence-electron chi connectivity index (χ3n) is 3.68. The highest BCUT2D eigenvalue weighted by Gasteiger charge is 2.16. The fourth-order valence-corrected chi connectivity index (χ4v) is 2.71. The Kier molecular flexibility index (Phi) is 4.48. The predicted octanol–water partition coefficient (Wildman–Crippen LogP) is 3.99. The molecule has 104 valence electrons. The van der Waals surface area contributed by atoms with E-state index in [4.69, 9.17) is 5.73 Å². The smallest absolute Gasteiger partial charge is 0.0457 e. The van der Waals surface area contributed by atoms with Crippen LogP contribution in [-0.4, -0.2) is 11.5 Å². The molecule has 1 heterocycles. The summed E-state index contributed by atoms with van der Waals surface area (Å²) in [6.07, 6.45) is 2.09. The van der Waals surface area contributed by atoms with E-state index in [2.05, 4.69) is 60.6 Å². The van der Waals surface area contributed by atoms with Gasteiger partial charge in [0.2, 0.25) is 0 Å². The van der Waals surface area contributed by atoms with Crippen LogP contribution in [0.1, 0.15) is 22.6 Å². The number of nitrogens with one attached hydrogen (secondary N) is 1. The molecule has 0 aliphatic heterocycles. The number of rotatable bonds is 3. The molecule has 0 saturated heterocycles. The summed E-state index contributed by atoms with van der Waals surface area (Å²) in [5.74, 6) is 0.246. The number of hydrogen-bond acceptors (Lipinski definition) is 1. The van der Waals surface area contributed by atoms with Gasteiger partial charge in [0.15, 0.2) is 0 Å². The van der Waals surface area contributed by atoms with Gasteiger partial charge in [-0.2, -0.15) is 0 Å². The van der Waals surface area contributed by atoms with Crippen LogP contribution < -0.4 is 5.73 Å². The first-order valence-electron chi connectivity index (χ1n) is 6.62. The van der Waals surface area contributed by atoms with Gasteiger partial charge in [-0.15, -0.1) is 12.4 Å². The van der Waals surface area contributed by atoms with Gasteiger partial charge in [-0.25, -0.2) is 0 Å². The third-order valence-corrected chi connectivity index (χ3v) is 3.68. The average molecular weight is 287 g/mol. The van der Waals surface area contributed by atoms with E-state index in [9.17, 15) is 0 Å². The third kappa shape index (κ3) is 2.58. The summed E-state index contributed by atoms with van der Waals surface area (Å²) < 4.78 is 0. The maximum absolute atomic E-state index is 6.02. The topological polar surface area (TPSA) is 41.8 Å². The minimum atomic E-state index is 0. The molecule has 3 heteroatoms. The van der Waals surface area contributed by atoms with Crippen LogP contribution in [0.5, 0.6) is 0 Å². The highest BCUT2D eigenvalue weighted by atomic mass is 35.5. The number of H-pyrrole nitrogens is 1. The maximum Gasteiger partial charge on any atom is 0.0457 e. The summed E-state index contributed by atoms with van der Waals surface area (Å²) in [6.45, 7) is 2.73. The van der Waals surface area contributed by atoms with Gasteiger partial charge >= 0.3 is 0 Å². The first-order chi connectivity index (χ1) is 9.29. The largest absolute Gasteiger partial charge is 0.361 e. The van der Waals surface area contributed by atoms with Crippen molar-refractivity contribution < 1.29 is 0 Å². The van der Waals surface area contributed by atoms with Crippen LogP contribution in [0, 0.1) is 6.92 Å². The zero-order valence-electron chi connectivity index (χ0n) is 11.5. The number of aromatic amines is 1. The van der Waals surface area contributed by atoms with Crippen molar-refractivity contribution in [3.05, 3.63) is 71.4 Å². The van der Waals surface area contributed by atoms with E-state index in [0.717, 1.165) is 0 Å². The highest BCUT2D eigenvalue weighted by Crippen LogP contribution is 2.30. The monoisotopic (exact) mass is 286 g/mol. The Labute approximate surface area is 125 Å². The molecule has 3 aromatic rings. The number of para-hydroxylation sites is 1. The lowest BCUT2D eigenvalue weighted by Gasteiger charge is -2.15. The summed E-state index contributed by atoms with van der Waals surface area (Å²) in [5, 5.41) is 1.26. The lowest BCUT2D eigenvalue weighted by atomic mass is 9.90. The van der Waals surface area contributed by atoms with E-state index in [1.807, 2.05) is 6.07 Å². The molecule has 1 aromatic heterocycles. The Morgan fingerprint density at radius 2 is 1.90 bits per heavy atom. The molecule has 3 rings (SSSR count). The van der Waals surface area contributed by atoms with Crippen molar-refractivity contribution in [1.82, 2.24) is 4.98 Å². The maximum atomic E-state index is 6.02. The molecular weight excluding hydrogens is 268 g/mol. The van der Waals surface area contributed by atoms with Gasteiger partial charge in [0.1, 0.15) is 0 Å². The summed E-state index contributed by atoms with van der Waals surface area (Å²) in [4.78, 5) is 3.33. The number of aromatic nitrogens is 1. The van der Waals surface area contributed by atoms with Gasteiger partial charge in [-0.3, -0.25) is 0 Å². The number of benzene rings is 2. The van der Waals surface area contributed by atoms with Gasteiger partial charge in [0, 0.05) is 29.6 Å². The van der Waals surface area contributed by atoms with Crippen LogP contribution in [0.4, 0.5) is 0 Å². The summed E-state index contributed by atoms with van der Waals surface area (Å²) in [7, 11) is 0. The van der Waals surface area contributed by atoms with E-state index >= 15 is 0 Å². The molecule has 1 atom stereocenters. The van der Waals surface area contributed by atoms with Crippen molar-refractivity contribution in [2.24, 2.45) is 5.73 Å². The average Bonchev–Trinajstić information content (AvgIpc) is 2.84. The first kappa shape index (κ1) is 14.6. The molecule has 0 spiro atoms. The zero-order chi connectivity index (χ0) is 13.2. The van der Waals surface area contributed by atoms with Crippen LogP contribution in [-0.2, 0) is 0 Å². The Morgan fingerprint density at radius 3 is 2.65 bits per heavy atom. The predicted molar refractivity (Wildman–Crippen MR) is 87.6 cm³/mol. The lowest BCUT2D eigenvalue weighted by Crippen LogP contribution is -2.13. The van der Waals surface area contributed by atoms with Crippen molar-refractivity contribution in [1.29, 1.82) is 0 Å². The van der Waals surface area contributed by atoms with Crippen LogP contribution in [0.15, 0.2) is 54.7 Å². The van der Waals surface area contributed by atoms with Crippen molar-refractivity contribution in [2.75, 3.05) is 6.54 Å². The molecule has 0 fully saturated rings. The number of halogens is 1. The molecule has 0 aliphatic rings. The van der Waals surface area contributed by atoms with Crippen molar-refractivity contribution in [3.8, 4) is 0 Å². The Balaban J connectivity index is 0.00000147. The standard InChI is InChI=1S/C17H18N2.ClH/c1-12-5-4-6-13(9-12)15(10-18)16-11-19-17-8-3-2-7-14(16)17;/h2-9,11,15,19H,10,18H2,1H3;1H. The number of hydrogen-bond donors (Lipinski definition) is 2. The van der Waals surface area contributed by atoms with Crippen molar-refractivity contribution in [2.45, 2.75) is 12.8 Å². The highest BCUT2D eigenvalue weighted by molar-refractivity contribution is 5.85. The quantitative estimate of drug-likeness (QED) is 0.751. The van der Waals surface area contributed by atoms with Gasteiger partial charge in [0.25, 0.3) is 0 Å². The molecule has 2 nitrogen and oxygen atoms in total. The fraction of sp³-hybridized carbons (Fsp3) is 0.176. The lowest BCUT2D eigenvalue weighted by molar-refractivity contribution is 0.824. The van der Waals surface area contributed by atoms with Crippen LogP contribution >= 0.6 is 12.4 Å². The molecule has 0 radical (unpaired) electrons. The molecule has 3 N–H and O–H groups in total. The summed E-state index contributed by atoms with van der Waals surface area (Å²) in [6, 6.07) is 17.0. The SMILES string of the molecule is Cc1cccc(C(CN)c2c[nH]c3ccccc23)c1.Cl. The minimum absolute atomic E-state index is 0. The second-order valence-corrected chi connectivity index (χ2v) is 4.99. The molecule has 20 heavy (non-hydrogen) atoms. The molecule has 0 amide bonds.